The average molecular weight is 210 g/mol. The maximum Gasteiger partial charge on any atom is 0.322 e. The van der Waals surface area contributed by atoms with E-state index in [9.17, 15) is 4.79 Å². The second kappa shape index (κ2) is 4.77. The second-order valence-electron chi connectivity index (χ2n) is 4.22. The molecule has 1 aliphatic carbocycles. The predicted octanol–water partition coefficient (Wildman–Crippen LogP) is 0.454. The number of carboxylic acids is 1. The van der Waals surface area contributed by atoms with Crippen LogP contribution in [0.3, 0.4) is 0 Å². The number of nitrogens with one attached hydrogen (secondary N) is 1. The second-order valence-corrected chi connectivity index (χ2v) is 4.22. The van der Waals surface area contributed by atoms with Crippen LogP contribution in [0, 0.1) is 0 Å². The minimum Gasteiger partial charge on any atom is -0.480 e. The summed E-state index contributed by atoms with van der Waals surface area (Å²) in [6, 6.07) is -0.0200. The van der Waals surface area contributed by atoms with Crippen molar-refractivity contribution in [3.8, 4) is 0 Å². The number of allylic oxidation sites excluding steroid dienone is 1. The molecule has 1 fully saturated rings. The zero-order valence-corrected chi connectivity index (χ0v) is 8.85. The highest BCUT2D eigenvalue weighted by atomic mass is 16.4. The topological polar surface area (TPSA) is 52.6 Å². The number of hydrogen-bond donors (Lipinski definition) is 2. The molecule has 4 nitrogen and oxygen atoms in total. The number of hydrogen-bond acceptors (Lipinski definition) is 3. The first-order valence-electron chi connectivity index (χ1n) is 5.65. The number of carboxylic acid groups (broad SMARTS) is 1. The van der Waals surface area contributed by atoms with E-state index in [1.807, 2.05) is 0 Å². The van der Waals surface area contributed by atoms with Gasteiger partial charge >= 0.3 is 5.97 Å². The van der Waals surface area contributed by atoms with Crippen molar-refractivity contribution in [2.45, 2.75) is 31.3 Å². The quantitative estimate of drug-likeness (QED) is 0.650. The van der Waals surface area contributed by atoms with Gasteiger partial charge in [0, 0.05) is 25.7 Å². The molecule has 2 aliphatic rings. The molecule has 1 aliphatic heterocycles. The summed E-state index contributed by atoms with van der Waals surface area (Å²) in [5, 5.41) is 12.3. The molecule has 2 atom stereocenters. The van der Waals surface area contributed by atoms with E-state index in [0.29, 0.717) is 12.6 Å². The van der Waals surface area contributed by atoms with Crippen LogP contribution in [-0.2, 0) is 4.79 Å². The molecule has 4 heteroatoms. The van der Waals surface area contributed by atoms with Gasteiger partial charge in [-0.05, 0) is 19.3 Å². The average Bonchev–Trinajstić information content (AvgIpc) is 2.30. The summed E-state index contributed by atoms with van der Waals surface area (Å²) in [6.45, 7) is 2.31. The standard InChI is InChI=1S/C11H18N2O2/c14-11(15)10-8-12-6-7-13(10)9-4-2-1-3-5-9/h2,4,9-10,12H,1,3,5-8H2,(H,14,15). The molecular weight excluding hydrogens is 192 g/mol. The van der Waals surface area contributed by atoms with Crippen molar-refractivity contribution >= 4 is 5.97 Å². The van der Waals surface area contributed by atoms with Gasteiger partial charge in [0.05, 0.1) is 0 Å². The Morgan fingerprint density at radius 1 is 1.53 bits per heavy atom. The third kappa shape index (κ3) is 2.38. The Bertz CT molecular complexity index is 265. The molecule has 0 aromatic heterocycles. The number of piperazine rings is 1. The molecule has 0 aromatic rings. The molecule has 84 valence electrons. The first kappa shape index (κ1) is 10.6. The molecule has 0 saturated carbocycles. The van der Waals surface area contributed by atoms with Gasteiger partial charge in [0.15, 0.2) is 0 Å². The van der Waals surface area contributed by atoms with E-state index in [1.54, 1.807) is 0 Å². The SMILES string of the molecule is O=C(O)C1CNCCN1C1C=CCCC1. The van der Waals surface area contributed by atoms with Gasteiger partial charge in [-0.2, -0.15) is 0 Å². The minimum absolute atomic E-state index is 0.335. The Kier molecular flexibility index (Phi) is 3.38. The molecule has 2 unspecified atom stereocenters. The lowest BCUT2D eigenvalue weighted by Gasteiger charge is -2.39. The van der Waals surface area contributed by atoms with Gasteiger partial charge in [0.2, 0.25) is 0 Å². The van der Waals surface area contributed by atoms with Crippen molar-refractivity contribution in [3.05, 3.63) is 12.2 Å². The Balaban J connectivity index is 2.06. The Morgan fingerprint density at radius 2 is 2.40 bits per heavy atom. The molecule has 1 saturated heterocycles. The summed E-state index contributed by atoms with van der Waals surface area (Å²) in [4.78, 5) is 13.2. The van der Waals surface area contributed by atoms with Gasteiger partial charge in [-0.15, -0.1) is 0 Å². The smallest absolute Gasteiger partial charge is 0.322 e. The largest absolute Gasteiger partial charge is 0.480 e. The fraction of sp³-hybridized carbons (Fsp3) is 0.727. The number of rotatable bonds is 2. The zero-order valence-electron chi connectivity index (χ0n) is 8.85. The number of aliphatic carboxylic acids is 1. The Labute approximate surface area is 90.0 Å². The van der Waals surface area contributed by atoms with Crippen molar-refractivity contribution in [3.63, 3.8) is 0 Å². The van der Waals surface area contributed by atoms with Gasteiger partial charge in [-0.3, -0.25) is 9.69 Å². The summed E-state index contributed by atoms with van der Waals surface area (Å²) in [5.74, 6) is -0.707. The van der Waals surface area contributed by atoms with Gasteiger partial charge in [-0.1, -0.05) is 12.2 Å². The monoisotopic (exact) mass is 210 g/mol. The van der Waals surface area contributed by atoms with E-state index < -0.39 is 5.97 Å². The van der Waals surface area contributed by atoms with Crippen LogP contribution in [0.2, 0.25) is 0 Å². The maximum absolute atomic E-state index is 11.1. The van der Waals surface area contributed by atoms with E-state index in [0.717, 1.165) is 25.9 Å². The van der Waals surface area contributed by atoms with Crippen LogP contribution in [-0.4, -0.2) is 47.7 Å². The van der Waals surface area contributed by atoms with Gasteiger partial charge < -0.3 is 10.4 Å². The van der Waals surface area contributed by atoms with E-state index >= 15 is 0 Å². The Morgan fingerprint density at radius 3 is 3.07 bits per heavy atom. The third-order valence-electron chi connectivity index (χ3n) is 3.22. The van der Waals surface area contributed by atoms with Crippen molar-refractivity contribution in [1.29, 1.82) is 0 Å². The van der Waals surface area contributed by atoms with Crippen LogP contribution >= 0.6 is 0 Å². The summed E-state index contributed by atoms with van der Waals surface area (Å²) in [5.41, 5.74) is 0. The molecule has 2 rings (SSSR count). The first-order valence-corrected chi connectivity index (χ1v) is 5.65. The molecule has 1 heterocycles. The zero-order chi connectivity index (χ0) is 10.7. The fourth-order valence-corrected chi connectivity index (χ4v) is 2.42. The van der Waals surface area contributed by atoms with Gasteiger partial charge in [0.25, 0.3) is 0 Å². The van der Waals surface area contributed by atoms with Crippen LogP contribution in [0.15, 0.2) is 12.2 Å². The van der Waals surface area contributed by atoms with Crippen molar-refractivity contribution in [1.82, 2.24) is 10.2 Å². The molecule has 0 amide bonds. The molecule has 0 spiro atoms. The molecular formula is C11H18N2O2. The highest BCUT2D eigenvalue weighted by molar-refractivity contribution is 5.74. The lowest BCUT2D eigenvalue weighted by atomic mass is 9.99. The lowest BCUT2D eigenvalue weighted by molar-refractivity contribution is -0.144. The van der Waals surface area contributed by atoms with Crippen LogP contribution in [0.5, 0.6) is 0 Å². The molecule has 15 heavy (non-hydrogen) atoms. The van der Waals surface area contributed by atoms with Crippen LogP contribution < -0.4 is 5.32 Å². The highest BCUT2D eigenvalue weighted by Crippen LogP contribution is 2.19. The molecule has 2 N–H and O–H groups in total. The fourth-order valence-electron chi connectivity index (χ4n) is 2.42. The maximum atomic E-state index is 11.1. The van der Waals surface area contributed by atoms with Crippen molar-refractivity contribution < 1.29 is 9.90 Å². The molecule has 0 radical (unpaired) electrons. The van der Waals surface area contributed by atoms with Gasteiger partial charge in [-0.25, -0.2) is 0 Å². The van der Waals surface area contributed by atoms with E-state index in [-0.39, 0.29) is 6.04 Å². The molecule has 0 bridgehead atoms. The summed E-state index contributed by atoms with van der Waals surface area (Å²) >= 11 is 0. The van der Waals surface area contributed by atoms with Crippen LogP contribution in [0.4, 0.5) is 0 Å². The van der Waals surface area contributed by atoms with Crippen molar-refractivity contribution in [2.24, 2.45) is 0 Å². The summed E-state index contributed by atoms with van der Waals surface area (Å²) in [6.07, 6.45) is 7.76. The van der Waals surface area contributed by atoms with Crippen LogP contribution in [0.1, 0.15) is 19.3 Å². The highest BCUT2D eigenvalue weighted by Gasteiger charge is 2.32. The van der Waals surface area contributed by atoms with Gasteiger partial charge in [0.1, 0.15) is 6.04 Å². The van der Waals surface area contributed by atoms with E-state index in [4.69, 9.17) is 5.11 Å². The summed E-state index contributed by atoms with van der Waals surface area (Å²) in [7, 11) is 0. The van der Waals surface area contributed by atoms with E-state index in [2.05, 4.69) is 22.4 Å². The Hall–Kier alpha value is -0.870. The first-order chi connectivity index (χ1) is 7.29. The third-order valence-corrected chi connectivity index (χ3v) is 3.22. The summed E-state index contributed by atoms with van der Waals surface area (Å²) < 4.78 is 0. The lowest BCUT2D eigenvalue weighted by Crippen LogP contribution is -2.58. The minimum atomic E-state index is -0.707. The van der Waals surface area contributed by atoms with Crippen molar-refractivity contribution in [2.75, 3.05) is 19.6 Å². The normalized spacial score (nSPS) is 32.8. The predicted molar refractivity (Wildman–Crippen MR) is 57.8 cm³/mol. The number of carbonyl (C=O) groups is 1. The van der Waals surface area contributed by atoms with E-state index in [1.165, 1.54) is 6.42 Å². The number of nitrogens with zero attached hydrogens (tertiary/aromatic N) is 1. The van der Waals surface area contributed by atoms with Crippen LogP contribution in [0.25, 0.3) is 0 Å². The molecule has 0 aromatic carbocycles.